The number of hydrogen-bond acceptors (Lipinski definition) is 6. The molecule has 164 valence electrons. The van der Waals surface area contributed by atoms with E-state index >= 15 is 0 Å². The predicted octanol–water partition coefficient (Wildman–Crippen LogP) is 6.74. The molecule has 5 aromatic rings. The van der Waals surface area contributed by atoms with Gasteiger partial charge in [-0.3, -0.25) is 0 Å². The van der Waals surface area contributed by atoms with E-state index in [0.29, 0.717) is 27.6 Å². The van der Waals surface area contributed by atoms with Gasteiger partial charge >= 0.3 is 5.97 Å². The molecule has 1 aromatic heterocycles. The lowest BCUT2D eigenvalue weighted by molar-refractivity contribution is 0.0732. The maximum absolute atomic E-state index is 12.9. The summed E-state index contributed by atoms with van der Waals surface area (Å²) in [5.41, 5.74) is 2.52. The number of thiazole rings is 1. The molecule has 6 heteroatoms. The third-order valence-corrected chi connectivity index (χ3v) is 6.43. The molecule has 0 saturated heterocycles. The first kappa shape index (κ1) is 21.4. The predicted molar refractivity (Wildman–Crippen MR) is 135 cm³/mol. The number of para-hydroxylation sites is 1. The fraction of sp³-hybridized carbons (Fsp3) is 0.0357. The lowest BCUT2D eigenvalue weighted by Crippen LogP contribution is -2.10. The van der Waals surface area contributed by atoms with Gasteiger partial charge in [0.05, 0.1) is 28.5 Å². The second-order valence-electron chi connectivity index (χ2n) is 7.48. The van der Waals surface area contributed by atoms with Crippen LogP contribution in [-0.4, -0.2) is 18.1 Å². The van der Waals surface area contributed by atoms with E-state index in [2.05, 4.69) is 11.1 Å². The van der Waals surface area contributed by atoms with E-state index in [-0.39, 0.29) is 0 Å². The summed E-state index contributed by atoms with van der Waals surface area (Å²) in [6, 6.07) is 28.4. The molecule has 0 N–H and O–H groups in total. The Balaban J connectivity index is 1.45. The van der Waals surface area contributed by atoms with Crippen molar-refractivity contribution >= 4 is 49.9 Å². The molecule has 34 heavy (non-hydrogen) atoms. The molecule has 0 amide bonds. The number of hydrogen-bond donors (Lipinski definition) is 0. The van der Waals surface area contributed by atoms with Crippen LogP contribution in [-0.2, 0) is 0 Å². The number of rotatable bonds is 5. The highest BCUT2D eigenvalue weighted by molar-refractivity contribution is 7.19. The Morgan fingerprint density at radius 1 is 0.971 bits per heavy atom. The van der Waals surface area contributed by atoms with Crippen LogP contribution < -0.4 is 9.47 Å². The number of nitriles is 1. The number of benzene rings is 4. The molecular formula is C28H18N2O3S. The number of esters is 1. The van der Waals surface area contributed by atoms with Crippen molar-refractivity contribution in [3.63, 3.8) is 0 Å². The van der Waals surface area contributed by atoms with Crippen LogP contribution in [0.3, 0.4) is 0 Å². The van der Waals surface area contributed by atoms with Gasteiger partial charge in [-0.15, -0.1) is 11.3 Å². The Kier molecular flexibility index (Phi) is 5.77. The van der Waals surface area contributed by atoms with E-state index < -0.39 is 5.97 Å². The first-order valence-corrected chi connectivity index (χ1v) is 11.3. The van der Waals surface area contributed by atoms with Crippen molar-refractivity contribution in [1.29, 1.82) is 5.26 Å². The maximum Gasteiger partial charge on any atom is 0.344 e. The Bertz CT molecular complexity index is 1570. The number of nitrogens with zero attached hydrogens (tertiary/aromatic N) is 2. The topological polar surface area (TPSA) is 72.2 Å². The van der Waals surface area contributed by atoms with E-state index in [4.69, 9.17) is 9.47 Å². The molecule has 0 radical (unpaired) electrons. The smallest absolute Gasteiger partial charge is 0.344 e. The van der Waals surface area contributed by atoms with Crippen molar-refractivity contribution in [1.82, 2.24) is 4.98 Å². The Morgan fingerprint density at radius 2 is 1.76 bits per heavy atom. The third-order valence-electron chi connectivity index (χ3n) is 5.36. The van der Waals surface area contributed by atoms with Crippen LogP contribution >= 0.6 is 11.3 Å². The summed E-state index contributed by atoms with van der Waals surface area (Å²) < 4.78 is 12.2. The Labute approximate surface area is 200 Å². The molecular weight excluding hydrogens is 444 g/mol. The van der Waals surface area contributed by atoms with Crippen LogP contribution in [0, 0.1) is 11.3 Å². The van der Waals surface area contributed by atoms with Gasteiger partial charge in [0.2, 0.25) is 0 Å². The van der Waals surface area contributed by atoms with Gasteiger partial charge in [0.1, 0.15) is 11.1 Å². The number of carbonyl (C=O) groups excluding carboxylic acids is 1. The van der Waals surface area contributed by atoms with Gasteiger partial charge in [0.15, 0.2) is 11.5 Å². The van der Waals surface area contributed by atoms with Crippen LogP contribution in [0.25, 0.3) is 32.6 Å². The summed E-state index contributed by atoms with van der Waals surface area (Å²) in [7, 11) is 1.51. The molecule has 0 aliphatic heterocycles. The van der Waals surface area contributed by atoms with Gasteiger partial charge in [-0.2, -0.15) is 5.26 Å². The van der Waals surface area contributed by atoms with Crippen molar-refractivity contribution in [3.8, 4) is 17.6 Å². The summed E-state index contributed by atoms with van der Waals surface area (Å²) >= 11 is 1.47. The van der Waals surface area contributed by atoms with Crippen LogP contribution in [0.5, 0.6) is 11.5 Å². The van der Waals surface area contributed by atoms with E-state index in [9.17, 15) is 10.1 Å². The van der Waals surface area contributed by atoms with Gasteiger partial charge < -0.3 is 9.47 Å². The molecule has 4 aromatic carbocycles. The van der Waals surface area contributed by atoms with Crippen molar-refractivity contribution in [3.05, 3.63) is 101 Å². The summed E-state index contributed by atoms with van der Waals surface area (Å²) in [6.07, 6.45) is 1.75. The van der Waals surface area contributed by atoms with Gasteiger partial charge in [-0.25, -0.2) is 9.78 Å². The van der Waals surface area contributed by atoms with Crippen LogP contribution in [0.2, 0.25) is 0 Å². The molecule has 0 aliphatic rings. The lowest BCUT2D eigenvalue weighted by Gasteiger charge is -2.11. The minimum Gasteiger partial charge on any atom is -0.493 e. The van der Waals surface area contributed by atoms with E-state index in [1.165, 1.54) is 18.4 Å². The van der Waals surface area contributed by atoms with Crippen molar-refractivity contribution in [2.24, 2.45) is 0 Å². The monoisotopic (exact) mass is 462 g/mol. The number of fused-ring (bicyclic) bond motifs is 2. The minimum atomic E-state index is -0.467. The summed E-state index contributed by atoms with van der Waals surface area (Å²) in [4.78, 5) is 17.5. The van der Waals surface area contributed by atoms with E-state index in [1.54, 1.807) is 30.3 Å². The molecule has 5 rings (SSSR count). The van der Waals surface area contributed by atoms with E-state index in [1.807, 2.05) is 60.7 Å². The molecule has 0 fully saturated rings. The average molecular weight is 463 g/mol. The highest BCUT2D eigenvalue weighted by atomic mass is 32.1. The fourth-order valence-electron chi connectivity index (χ4n) is 3.71. The quantitative estimate of drug-likeness (QED) is 0.164. The molecule has 0 aliphatic carbocycles. The third kappa shape index (κ3) is 4.13. The molecule has 0 bridgehead atoms. The van der Waals surface area contributed by atoms with Crippen molar-refractivity contribution in [2.75, 3.05) is 7.11 Å². The second kappa shape index (κ2) is 9.18. The number of carbonyl (C=O) groups is 1. The Morgan fingerprint density at radius 3 is 2.59 bits per heavy atom. The zero-order valence-electron chi connectivity index (χ0n) is 18.2. The van der Waals surface area contributed by atoms with Gasteiger partial charge in [-0.1, -0.05) is 54.6 Å². The second-order valence-corrected chi connectivity index (χ2v) is 8.51. The summed E-state index contributed by atoms with van der Waals surface area (Å²) in [5, 5.41) is 12.2. The number of ether oxygens (including phenoxy) is 2. The molecule has 1 heterocycles. The van der Waals surface area contributed by atoms with Gasteiger partial charge in [0.25, 0.3) is 0 Å². The fourth-order valence-corrected chi connectivity index (χ4v) is 4.64. The standard InChI is InChI=1S/C28H18N2O3S/c1-32-25-16-18(15-20(17-29)27-30-23-11-4-5-12-26(23)34-27)13-14-24(25)33-28(31)22-10-6-8-19-7-2-3-9-21(19)22/h2-16H,1H3. The SMILES string of the molecule is COc1cc(C=C(C#N)c2nc3ccccc3s2)ccc1OC(=O)c1cccc2ccccc12. The molecule has 0 spiro atoms. The highest BCUT2D eigenvalue weighted by Crippen LogP contribution is 2.32. The largest absolute Gasteiger partial charge is 0.493 e. The van der Waals surface area contributed by atoms with Crippen LogP contribution in [0.1, 0.15) is 20.9 Å². The van der Waals surface area contributed by atoms with Gasteiger partial charge in [-0.05, 0) is 52.7 Å². The van der Waals surface area contributed by atoms with Gasteiger partial charge in [0, 0.05) is 0 Å². The Hall–Kier alpha value is -4.47. The lowest BCUT2D eigenvalue weighted by atomic mass is 10.0. The average Bonchev–Trinajstić information content (AvgIpc) is 3.31. The zero-order valence-corrected chi connectivity index (χ0v) is 19.0. The normalized spacial score (nSPS) is 11.4. The number of methoxy groups -OCH3 is 1. The van der Waals surface area contributed by atoms with Crippen LogP contribution in [0.15, 0.2) is 84.9 Å². The zero-order chi connectivity index (χ0) is 23.5. The molecule has 0 unspecified atom stereocenters. The first-order valence-electron chi connectivity index (χ1n) is 10.5. The van der Waals surface area contributed by atoms with Crippen molar-refractivity contribution < 1.29 is 14.3 Å². The maximum atomic E-state index is 12.9. The molecule has 0 atom stereocenters. The summed E-state index contributed by atoms with van der Waals surface area (Å²) in [5.74, 6) is 0.227. The molecule has 0 saturated carbocycles. The summed E-state index contributed by atoms with van der Waals surface area (Å²) in [6.45, 7) is 0. The van der Waals surface area contributed by atoms with Crippen molar-refractivity contribution in [2.45, 2.75) is 0 Å². The number of allylic oxidation sites excluding steroid dienone is 1. The van der Waals surface area contributed by atoms with Crippen LogP contribution in [0.4, 0.5) is 0 Å². The number of aromatic nitrogens is 1. The first-order chi connectivity index (χ1) is 16.7. The highest BCUT2D eigenvalue weighted by Gasteiger charge is 2.16. The minimum absolute atomic E-state index is 0.302. The van der Waals surface area contributed by atoms with E-state index in [0.717, 1.165) is 26.6 Å². The molecule has 5 nitrogen and oxygen atoms in total.